The Morgan fingerprint density at radius 2 is 2.35 bits per heavy atom. The van der Waals surface area contributed by atoms with Crippen molar-refractivity contribution >= 4 is 5.91 Å². The predicted octanol–water partition coefficient (Wildman–Crippen LogP) is 0.831. The fourth-order valence-corrected chi connectivity index (χ4v) is 2.63. The number of aromatic amines is 1. The molecule has 20 heavy (non-hydrogen) atoms. The van der Waals surface area contributed by atoms with Crippen LogP contribution in [0.15, 0.2) is 11.6 Å². The molecule has 6 nitrogen and oxygen atoms in total. The third-order valence-electron chi connectivity index (χ3n) is 3.67. The Hall–Kier alpha value is -1.66. The lowest BCUT2D eigenvalue weighted by Gasteiger charge is -2.36. The Morgan fingerprint density at radius 1 is 1.60 bits per heavy atom. The first-order chi connectivity index (χ1) is 9.56. The number of ether oxygens (including phenoxy) is 1. The highest BCUT2D eigenvalue weighted by molar-refractivity contribution is 5.93. The SMILES string of the molecule is C/C(=C\CN)C(=O)N1CCOCC1c1c(C)n[nH]c1C. The number of rotatable bonds is 3. The van der Waals surface area contributed by atoms with Crippen molar-refractivity contribution < 1.29 is 9.53 Å². The summed E-state index contributed by atoms with van der Waals surface area (Å²) in [6.07, 6.45) is 1.75. The molecule has 1 aliphatic rings. The second-order valence-corrected chi connectivity index (χ2v) is 5.06. The Labute approximate surface area is 119 Å². The number of nitrogens with two attached hydrogens (primary N) is 1. The zero-order valence-electron chi connectivity index (χ0n) is 12.3. The van der Waals surface area contributed by atoms with Gasteiger partial charge in [-0.2, -0.15) is 5.10 Å². The van der Waals surface area contributed by atoms with Crippen molar-refractivity contribution in [2.24, 2.45) is 5.73 Å². The number of nitrogens with one attached hydrogen (secondary N) is 1. The first-order valence-corrected chi connectivity index (χ1v) is 6.83. The largest absolute Gasteiger partial charge is 0.377 e. The topological polar surface area (TPSA) is 84.2 Å². The quantitative estimate of drug-likeness (QED) is 0.802. The van der Waals surface area contributed by atoms with Crippen molar-refractivity contribution in [3.05, 3.63) is 28.6 Å². The van der Waals surface area contributed by atoms with Crippen LogP contribution in [-0.4, -0.2) is 47.3 Å². The van der Waals surface area contributed by atoms with E-state index in [2.05, 4.69) is 10.2 Å². The highest BCUT2D eigenvalue weighted by atomic mass is 16.5. The van der Waals surface area contributed by atoms with E-state index in [4.69, 9.17) is 10.5 Å². The molecule has 1 saturated heterocycles. The van der Waals surface area contributed by atoms with Crippen LogP contribution in [0.25, 0.3) is 0 Å². The van der Waals surface area contributed by atoms with Crippen molar-refractivity contribution in [3.8, 4) is 0 Å². The van der Waals surface area contributed by atoms with Gasteiger partial charge in [0.05, 0.1) is 24.9 Å². The highest BCUT2D eigenvalue weighted by Gasteiger charge is 2.32. The van der Waals surface area contributed by atoms with Gasteiger partial charge in [-0.3, -0.25) is 9.89 Å². The molecule has 1 aromatic rings. The lowest BCUT2D eigenvalue weighted by molar-refractivity contribution is -0.136. The van der Waals surface area contributed by atoms with Crippen LogP contribution in [0.3, 0.4) is 0 Å². The van der Waals surface area contributed by atoms with Gasteiger partial charge >= 0.3 is 0 Å². The number of amides is 1. The van der Waals surface area contributed by atoms with Crippen molar-refractivity contribution in [1.29, 1.82) is 0 Å². The third kappa shape index (κ3) is 2.76. The second-order valence-electron chi connectivity index (χ2n) is 5.06. The Balaban J connectivity index is 2.31. The van der Waals surface area contributed by atoms with E-state index in [0.717, 1.165) is 17.0 Å². The van der Waals surface area contributed by atoms with Crippen molar-refractivity contribution in [1.82, 2.24) is 15.1 Å². The smallest absolute Gasteiger partial charge is 0.249 e. The van der Waals surface area contributed by atoms with Gasteiger partial charge in [0.1, 0.15) is 0 Å². The first-order valence-electron chi connectivity index (χ1n) is 6.83. The zero-order chi connectivity index (χ0) is 14.7. The fourth-order valence-electron chi connectivity index (χ4n) is 2.63. The number of H-pyrrole nitrogens is 1. The molecule has 3 N–H and O–H groups in total. The van der Waals surface area contributed by atoms with Crippen molar-refractivity contribution in [2.45, 2.75) is 26.8 Å². The number of hydrogen-bond donors (Lipinski definition) is 2. The number of nitrogens with zero attached hydrogens (tertiary/aromatic N) is 2. The van der Waals surface area contributed by atoms with Crippen LogP contribution in [0.1, 0.15) is 29.9 Å². The minimum Gasteiger partial charge on any atom is -0.377 e. The minimum atomic E-state index is -0.0869. The van der Waals surface area contributed by atoms with Crippen LogP contribution in [-0.2, 0) is 9.53 Å². The molecule has 6 heteroatoms. The van der Waals surface area contributed by atoms with Gasteiger partial charge in [-0.1, -0.05) is 6.08 Å². The van der Waals surface area contributed by atoms with Crippen LogP contribution in [0.4, 0.5) is 0 Å². The van der Waals surface area contributed by atoms with E-state index in [0.29, 0.717) is 31.9 Å². The van der Waals surface area contributed by atoms with Crippen LogP contribution in [0.2, 0.25) is 0 Å². The summed E-state index contributed by atoms with van der Waals surface area (Å²) < 4.78 is 5.56. The third-order valence-corrected chi connectivity index (χ3v) is 3.67. The van der Waals surface area contributed by atoms with E-state index in [9.17, 15) is 4.79 Å². The van der Waals surface area contributed by atoms with E-state index >= 15 is 0 Å². The van der Waals surface area contributed by atoms with Crippen molar-refractivity contribution in [2.75, 3.05) is 26.3 Å². The molecule has 1 unspecified atom stereocenters. The number of carbonyl (C=O) groups is 1. The molecule has 1 aromatic heterocycles. The number of morpholine rings is 1. The fraction of sp³-hybridized carbons (Fsp3) is 0.571. The molecule has 2 heterocycles. The van der Waals surface area contributed by atoms with Gasteiger partial charge in [-0.25, -0.2) is 0 Å². The molecule has 0 aliphatic carbocycles. The van der Waals surface area contributed by atoms with E-state index < -0.39 is 0 Å². The van der Waals surface area contributed by atoms with Gasteiger partial charge in [0, 0.05) is 29.9 Å². The summed E-state index contributed by atoms with van der Waals surface area (Å²) in [4.78, 5) is 14.4. The van der Waals surface area contributed by atoms with Gasteiger partial charge in [-0.15, -0.1) is 0 Å². The van der Waals surface area contributed by atoms with Crippen LogP contribution in [0, 0.1) is 13.8 Å². The molecule has 0 spiro atoms. The summed E-state index contributed by atoms with van der Waals surface area (Å²) >= 11 is 0. The van der Waals surface area contributed by atoms with E-state index in [1.807, 2.05) is 18.7 Å². The monoisotopic (exact) mass is 278 g/mol. The van der Waals surface area contributed by atoms with Gasteiger partial charge in [0.2, 0.25) is 5.91 Å². The average Bonchev–Trinajstić information content (AvgIpc) is 2.77. The molecule has 1 aliphatic heterocycles. The average molecular weight is 278 g/mol. The molecular weight excluding hydrogens is 256 g/mol. The van der Waals surface area contributed by atoms with Gasteiger partial charge < -0.3 is 15.4 Å². The van der Waals surface area contributed by atoms with Crippen molar-refractivity contribution in [3.63, 3.8) is 0 Å². The summed E-state index contributed by atoms with van der Waals surface area (Å²) in [5, 5.41) is 7.18. The number of carbonyl (C=O) groups excluding carboxylic acids is 1. The summed E-state index contributed by atoms with van der Waals surface area (Å²) in [6, 6.07) is -0.0869. The lowest BCUT2D eigenvalue weighted by Crippen LogP contribution is -2.44. The standard InChI is InChI=1S/C14H22N4O2/c1-9(4-5-15)14(19)18-6-7-20-8-12(18)13-10(2)16-17-11(13)3/h4,12H,5-8,15H2,1-3H3,(H,16,17)/b9-4+. The van der Waals surface area contributed by atoms with Crippen LogP contribution in [0.5, 0.6) is 0 Å². The normalized spacial score (nSPS) is 20.3. The van der Waals surface area contributed by atoms with Crippen LogP contribution >= 0.6 is 0 Å². The molecule has 0 radical (unpaired) electrons. The zero-order valence-corrected chi connectivity index (χ0v) is 12.3. The summed E-state index contributed by atoms with van der Waals surface area (Å²) in [5.41, 5.74) is 9.12. The summed E-state index contributed by atoms with van der Waals surface area (Å²) in [6.45, 7) is 7.74. The van der Waals surface area contributed by atoms with Gasteiger partial charge in [-0.05, 0) is 20.8 Å². The highest BCUT2D eigenvalue weighted by Crippen LogP contribution is 2.29. The molecule has 2 rings (SSSR count). The molecular formula is C14H22N4O2. The number of aryl methyl sites for hydroxylation is 2. The Bertz CT molecular complexity index is 502. The maximum atomic E-state index is 12.5. The number of hydrogen-bond acceptors (Lipinski definition) is 4. The van der Waals surface area contributed by atoms with E-state index in [1.54, 1.807) is 13.0 Å². The Morgan fingerprint density at radius 3 is 2.95 bits per heavy atom. The maximum Gasteiger partial charge on any atom is 0.249 e. The summed E-state index contributed by atoms with van der Waals surface area (Å²) in [5.74, 6) is 0.0174. The summed E-state index contributed by atoms with van der Waals surface area (Å²) in [7, 11) is 0. The Kier molecular flexibility index (Phi) is 4.57. The molecule has 1 fully saturated rings. The second kappa shape index (κ2) is 6.19. The molecule has 0 saturated carbocycles. The van der Waals surface area contributed by atoms with Crippen LogP contribution < -0.4 is 5.73 Å². The minimum absolute atomic E-state index is 0.0174. The predicted molar refractivity (Wildman–Crippen MR) is 76.1 cm³/mol. The molecule has 0 aromatic carbocycles. The number of aromatic nitrogens is 2. The lowest BCUT2D eigenvalue weighted by atomic mass is 10.0. The van der Waals surface area contributed by atoms with E-state index in [1.165, 1.54) is 0 Å². The molecule has 1 amide bonds. The first kappa shape index (κ1) is 14.7. The molecule has 1 atom stereocenters. The molecule has 110 valence electrons. The maximum absolute atomic E-state index is 12.5. The van der Waals surface area contributed by atoms with Gasteiger partial charge in [0.15, 0.2) is 0 Å². The van der Waals surface area contributed by atoms with E-state index in [-0.39, 0.29) is 11.9 Å². The van der Waals surface area contributed by atoms with Gasteiger partial charge in [0.25, 0.3) is 0 Å². The molecule has 0 bridgehead atoms.